The average molecular weight is 439 g/mol. The fraction of sp³-hybridized carbons (Fsp3) is 0.250. The normalized spacial score (nSPS) is 17.2. The summed E-state index contributed by atoms with van der Waals surface area (Å²) < 4.78 is 46.4. The van der Waals surface area contributed by atoms with E-state index in [1.807, 2.05) is 18.3 Å². The number of fused-ring (bicyclic) bond motifs is 1. The number of hydrogen-bond acceptors (Lipinski definition) is 5. The standard InChI is InChI=1S/C24H20F3N3O2/c25-18-10-15(11-19(26)22(18)27)23-16-6-7-21(31)17(24(16)32-29-23)13-30-9-2-1-5-20(30)14-4-3-8-28-12-14/h3-4,6-8,10-12,20,31H,1-2,5,9,13H2/t20-/m0/s1. The average Bonchev–Trinajstić information content (AvgIpc) is 3.24. The molecule has 8 heteroatoms. The highest BCUT2D eigenvalue weighted by atomic mass is 19.2. The van der Waals surface area contributed by atoms with Gasteiger partial charge in [0, 0.05) is 30.5 Å². The van der Waals surface area contributed by atoms with Crippen LogP contribution in [0.1, 0.15) is 36.4 Å². The summed E-state index contributed by atoms with van der Waals surface area (Å²) in [4.78, 5) is 6.49. The Labute approximate surface area is 182 Å². The second kappa shape index (κ2) is 8.27. The molecule has 5 rings (SSSR count). The molecule has 0 amide bonds. The molecule has 1 saturated heterocycles. The van der Waals surface area contributed by atoms with Gasteiger partial charge in [-0.05, 0) is 55.3 Å². The highest BCUT2D eigenvalue weighted by Crippen LogP contribution is 2.38. The van der Waals surface area contributed by atoms with Gasteiger partial charge in [0.05, 0.1) is 10.9 Å². The number of likely N-dealkylation sites (tertiary alicyclic amines) is 1. The molecular formula is C24H20F3N3O2. The number of pyridine rings is 1. The number of rotatable bonds is 4. The number of nitrogens with zero attached hydrogens (tertiary/aromatic N) is 3. The molecule has 3 heterocycles. The SMILES string of the molecule is Oc1ccc2c(-c3cc(F)c(F)c(F)c3)noc2c1CN1CCCC[C@H]1c1cccnc1. The summed E-state index contributed by atoms with van der Waals surface area (Å²) in [6.07, 6.45) is 6.69. The Morgan fingerprint density at radius 2 is 1.91 bits per heavy atom. The third-order valence-corrected chi connectivity index (χ3v) is 6.02. The highest BCUT2D eigenvalue weighted by molar-refractivity contribution is 5.94. The van der Waals surface area contributed by atoms with Gasteiger partial charge in [-0.25, -0.2) is 13.2 Å². The van der Waals surface area contributed by atoms with Gasteiger partial charge in [-0.1, -0.05) is 17.6 Å². The molecule has 0 aliphatic carbocycles. The maximum atomic E-state index is 13.8. The molecule has 1 aliphatic rings. The minimum Gasteiger partial charge on any atom is -0.507 e. The molecule has 0 unspecified atom stereocenters. The summed E-state index contributed by atoms with van der Waals surface area (Å²) in [5.41, 5.74) is 2.22. The van der Waals surface area contributed by atoms with Gasteiger partial charge in [0.25, 0.3) is 0 Å². The molecule has 0 spiro atoms. The zero-order valence-electron chi connectivity index (χ0n) is 17.1. The maximum absolute atomic E-state index is 13.8. The summed E-state index contributed by atoms with van der Waals surface area (Å²) in [5, 5.41) is 15.1. The Bertz CT molecular complexity index is 1250. The Kier molecular flexibility index (Phi) is 5.30. The summed E-state index contributed by atoms with van der Waals surface area (Å²) >= 11 is 0. The molecule has 4 aromatic rings. The molecule has 164 valence electrons. The molecule has 1 N–H and O–H groups in total. The van der Waals surface area contributed by atoms with E-state index in [2.05, 4.69) is 15.0 Å². The second-order valence-electron chi connectivity index (χ2n) is 7.99. The van der Waals surface area contributed by atoms with Gasteiger partial charge < -0.3 is 9.63 Å². The smallest absolute Gasteiger partial charge is 0.194 e. The summed E-state index contributed by atoms with van der Waals surface area (Å²) in [6.45, 7) is 1.24. The first-order valence-electron chi connectivity index (χ1n) is 10.4. The molecule has 32 heavy (non-hydrogen) atoms. The lowest BCUT2D eigenvalue weighted by Crippen LogP contribution is -2.33. The predicted molar refractivity (Wildman–Crippen MR) is 112 cm³/mol. The first-order valence-corrected chi connectivity index (χ1v) is 10.4. The van der Waals surface area contributed by atoms with E-state index in [0.29, 0.717) is 23.1 Å². The fourth-order valence-electron chi connectivity index (χ4n) is 4.44. The number of phenols is 1. The molecular weight excluding hydrogens is 419 g/mol. The lowest BCUT2D eigenvalue weighted by atomic mass is 9.95. The van der Waals surface area contributed by atoms with Crippen molar-refractivity contribution in [3.63, 3.8) is 0 Å². The molecule has 0 saturated carbocycles. The van der Waals surface area contributed by atoms with Crippen molar-refractivity contribution in [2.24, 2.45) is 0 Å². The second-order valence-corrected chi connectivity index (χ2v) is 7.99. The highest BCUT2D eigenvalue weighted by Gasteiger charge is 2.27. The van der Waals surface area contributed by atoms with Crippen LogP contribution in [0.3, 0.4) is 0 Å². The van der Waals surface area contributed by atoms with Crippen molar-refractivity contribution in [1.29, 1.82) is 0 Å². The monoisotopic (exact) mass is 439 g/mol. The van der Waals surface area contributed by atoms with Gasteiger partial charge in [0.2, 0.25) is 0 Å². The molecule has 1 aliphatic heterocycles. The van der Waals surface area contributed by atoms with Crippen LogP contribution < -0.4 is 0 Å². The van der Waals surface area contributed by atoms with Crippen LogP contribution in [0.25, 0.3) is 22.2 Å². The number of aromatic nitrogens is 2. The molecule has 1 fully saturated rings. The van der Waals surface area contributed by atoms with Gasteiger partial charge in [-0.2, -0.15) is 0 Å². The van der Waals surface area contributed by atoms with Crippen molar-refractivity contribution in [1.82, 2.24) is 15.0 Å². The van der Waals surface area contributed by atoms with Crippen LogP contribution in [-0.2, 0) is 6.54 Å². The molecule has 5 nitrogen and oxygen atoms in total. The van der Waals surface area contributed by atoms with Crippen molar-refractivity contribution < 1.29 is 22.8 Å². The first kappa shape index (κ1) is 20.5. The fourth-order valence-corrected chi connectivity index (χ4v) is 4.44. The number of benzene rings is 2. The lowest BCUT2D eigenvalue weighted by Gasteiger charge is -2.36. The van der Waals surface area contributed by atoms with Crippen LogP contribution in [0, 0.1) is 17.5 Å². The molecule has 2 aromatic heterocycles. The predicted octanol–water partition coefficient (Wildman–Crippen LogP) is 5.74. The first-order chi connectivity index (χ1) is 15.5. The van der Waals surface area contributed by atoms with Crippen LogP contribution in [0.4, 0.5) is 13.2 Å². The molecule has 1 atom stereocenters. The number of piperidine rings is 1. The van der Waals surface area contributed by atoms with Gasteiger partial charge in [0.15, 0.2) is 23.0 Å². The third-order valence-electron chi connectivity index (χ3n) is 6.02. The van der Waals surface area contributed by atoms with E-state index >= 15 is 0 Å². The van der Waals surface area contributed by atoms with Crippen LogP contribution in [0.15, 0.2) is 53.3 Å². The van der Waals surface area contributed by atoms with E-state index in [-0.39, 0.29) is 23.0 Å². The molecule has 0 bridgehead atoms. The van der Waals surface area contributed by atoms with Gasteiger partial charge >= 0.3 is 0 Å². The minimum absolute atomic E-state index is 0.0483. The van der Waals surface area contributed by atoms with Crippen molar-refractivity contribution >= 4 is 11.0 Å². The van der Waals surface area contributed by atoms with E-state index in [1.54, 1.807) is 12.3 Å². The summed E-state index contributed by atoms with van der Waals surface area (Å²) in [6, 6.07) is 8.95. The van der Waals surface area contributed by atoms with Crippen molar-refractivity contribution in [2.45, 2.75) is 31.8 Å². The van der Waals surface area contributed by atoms with Crippen molar-refractivity contribution in [3.05, 3.63) is 77.4 Å². The zero-order chi connectivity index (χ0) is 22.2. The van der Waals surface area contributed by atoms with Crippen molar-refractivity contribution in [3.8, 4) is 17.0 Å². The Balaban J connectivity index is 1.54. The Morgan fingerprint density at radius 1 is 1.09 bits per heavy atom. The Hall–Kier alpha value is -3.39. The van der Waals surface area contributed by atoms with Gasteiger partial charge in [-0.3, -0.25) is 9.88 Å². The summed E-state index contributed by atoms with van der Waals surface area (Å²) in [5.74, 6) is -4.09. The molecule has 2 aromatic carbocycles. The third kappa shape index (κ3) is 3.60. The van der Waals surface area contributed by atoms with Crippen molar-refractivity contribution in [2.75, 3.05) is 6.54 Å². The van der Waals surface area contributed by atoms with Crippen LogP contribution in [0.2, 0.25) is 0 Å². The van der Waals surface area contributed by atoms with Crippen LogP contribution >= 0.6 is 0 Å². The number of hydrogen-bond donors (Lipinski definition) is 1. The number of halogens is 3. The van der Waals surface area contributed by atoms with E-state index in [0.717, 1.165) is 43.5 Å². The van der Waals surface area contributed by atoms with E-state index < -0.39 is 17.5 Å². The van der Waals surface area contributed by atoms with E-state index in [4.69, 9.17) is 4.52 Å². The van der Waals surface area contributed by atoms with Crippen LogP contribution in [-0.4, -0.2) is 26.7 Å². The van der Waals surface area contributed by atoms with E-state index in [1.165, 1.54) is 6.07 Å². The topological polar surface area (TPSA) is 62.4 Å². The van der Waals surface area contributed by atoms with Gasteiger partial charge in [0.1, 0.15) is 11.4 Å². The largest absolute Gasteiger partial charge is 0.507 e. The zero-order valence-corrected chi connectivity index (χ0v) is 17.1. The molecule has 0 radical (unpaired) electrons. The Morgan fingerprint density at radius 3 is 2.66 bits per heavy atom. The lowest BCUT2D eigenvalue weighted by molar-refractivity contribution is 0.139. The number of phenolic OH excluding ortho intramolecular Hbond substituents is 1. The summed E-state index contributed by atoms with van der Waals surface area (Å²) in [7, 11) is 0. The van der Waals surface area contributed by atoms with E-state index in [9.17, 15) is 18.3 Å². The quantitative estimate of drug-likeness (QED) is 0.411. The van der Waals surface area contributed by atoms with Crippen LogP contribution in [0.5, 0.6) is 5.75 Å². The minimum atomic E-state index is -1.54. The number of aromatic hydroxyl groups is 1. The maximum Gasteiger partial charge on any atom is 0.194 e. The van der Waals surface area contributed by atoms with Gasteiger partial charge in [-0.15, -0.1) is 0 Å².